The fraction of sp³-hybridized carbons (Fsp3) is 0.611. The van der Waals surface area contributed by atoms with Crippen LogP contribution in [0.25, 0.3) is 0 Å². The van der Waals surface area contributed by atoms with Crippen LogP contribution in [0.1, 0.15) is 23.6 Å². The van der Waals surface area contributed by atoms with Gasteiger partial charge in [0.25, 0.3) is 0 Å². The van der Waals surface area contributed by atoms with E-state index in [1.54, 1.807) is 6.26 Å². The van der Waals surface area contributed by atoms with Crippen LogP contribution in [0, 0.1) is 12.8 Å². The lowest BCUT2D eigenvalue weighted by Gasteiger charge is -2.40. The lowest BCUT2D eigenvalue weighted by Crippen LogP contribution is -2.50. The summed E-state index contributed by atoms with van der Waals surface area (Å²) in [5.74, 6) is 2.44. The van der Waals surface area contributed by atoms with Gasteiger partial charge in [0.15, 0.2) is 0 Å². The largest absolute Gasteiger partial charge is 0.468 e. The minimum Gasteiger partial charge on any atom is -0.468 e. The van der Waals surface area contributed by atoms with Gasteiger partial charge in [-0.3, -0.25) is 9.80 Å². The Balaban J connectivity index is 1.47. The topological polar surface area (TPSA) is 54.9 Å². The zero-order valence-corrected chi connectivity index (χ0v) is 14.4. The third kappa shape index (κ3) is 3.14. The second-order valence-electron chi connectivity index (χ2n) is 6.97. The number of ether oxygens (including phenoxy) is 1. The van der Waals surface area contributed by atoms with Gasteiger partial charge in [0.1, 0.15) is 11.5 Å². The molecule has 0 N–H and O–H groups in total. The first kappa shape index (κ1) is 15.9. The number of hydrogen-bond donors (Lipinski definition) is 0. The van der Waals surface area contributed by atoms with Crippen LogP contribution in [0.3, 0.4) is 0 Å². The van der Waals surface area contributed by atoms with Crippen LogP contribution >= 0.6 is 0 Å². The molecule has 0 amide bonds. The minimum atomic E-state index is 0.340. The number of likely N-dealkylation sites (tertiary alicyclic amines) is 2. The lowest BCUT2D eigenvalue weighted by atomic mass is 9.89. The quantitative estimate of drug-likeness (QED) is 0.838. The predicted octanol–water partition coefficient (Wildman–Crippen LogP) is 2.30. The molecule has 0 unspecified atom stereocenters. The highest BCUT2D eigenvalue weighted by Crippen LogP contribution is 2.34. The van der Waals surface area contributed by atoms with Crippen molar-refractivity contribution in [1.29, 1.82) is 0 Å². The van der Waals surface area contributed by atoms with Crippen molar-refractivity contribution in [2.75, 3.05) is 26.7 Å². The Kier molecular flexibility index (Phi) is 4.43. The Hall–Kier alpha value is -1.63. The van der Waals surface area contributed by atoms with Crippen LogP contribution in [0.2, 0.25) is 0 Å². The van der Waals surface area contributed by atoms with Gasteiger partial charge >= 0.3 is 0 Å². The minimum absolute atomic E-state index is 0.340. The van der Waals surface area contributed by atoms with Crippen LogP contribution < -0.4 is 0 Å². The van der Waals surface area contributed by atoms with Crippen molar-refractivity contribution in [3.05, 3.63) is 41.7 Å². The second-order valence-corrected chi connectivity index (χ2v) is 6.97. The highest BCUT2D eigenvalue weighted by molar-refractivity contribution is 5.07. The smallest absolute Gasteiger partial charge is 0.133 e. The summed E-state index contributed by atoms with van der Waals surface area (Å²) in [5, 5.41) is 4.17. The Labute approximate surface area is 142 Å². The van der Waals surface area contributed by atoms with Crippen LogP contribution in [-0.2, 0) is 17.8 Å². The van der Waals surface area contributed by atoms with Gasteiger partial charge in [0.2, 0.25) is 0 Å². The van der Waals surface area contributed by atoms with E-state index in [-0.39, 0.29) is 0 Å². The Morgan fingerprint density at radius 2 is 2.25 bits per heavy atom. The number of rotatable bonds is 5. The standard InChI is InChI=1S/C18H25N3O3/c1-13-8-14(19-24-13)9-21-6-5-18(22-2)16-11-20(12-17(16)21)10-15-4-3-7-23-15/h3-4,7-8,16-18H,5-6,9-12H2,1-2H3/t16-,17+,18-/m1/s1. The third-order valence-corrected chi connectivity index (χ3v) is 5.36. The summed E-state index contributed by atoms with van der Waals surface area (Å²) in [6.45, 7) is 6.80. The van der Waals surface area contributed by atoms with Gasteiger partial charge in [0, 0.05) is 51.3 Å². The van der Waals surface area contributed by atoms with Gasteiger partial charge in [0.05, 0.1) is 24.6 Å². The number of piperidine rings is 1. The number of aromatic nitrogens is 1. The van der Waals surface area contributed by atoms with Crippen molar-refractivity contribution in [2.45, 2.75) is 38.6 Å². The van der Waals surface area contributed by atoms with E-state index in [1.165, 1.54) is 0 Å². The van der Waals surface area contributed by atoms with E-state index in [0.717, 1.165) is 56.4 Å². The first-order valence-corrected chi connectivity index (χ1v) is 8.66. The van der Waals surface area contributed by atoms with Gasteiger partial charge < -0.3 is 13.7 Å². The first-order chi connectivity index (χ1) is 11.7. The maximum Gasteiger partial charge on any atom is 0.133 e. The molecule has 130 valence electrons. The summed E-state index contributed by atoms with van der Waals surface area (Å²) >= 11 is 0. The molecule has 6 heteroatoms. The van der Waals surface area contributed by atoms with Crippen molar-refractivity contribution >= 4 is 0 Å². The maximum absolute atomic E-state index is 5.78. The molecule has 2 aromatic rings. The van der Waals surface area contributed by atoms with Crippen molar-refractivity contribution in [3.63, 3.8) is 0 Å². The fourth-order valence-electron chi connectivity index (χ4n) is 4.26. The van der Waals surface area contributed by atoms with Gasteiger partial charge in [-0.1, -0.05) is 5.16 Å². The Bertz CT molecular complexity index is 654. The van der Waals surface area contributed by atoms with E-state index in [2.05, 4.69) is 15.0 Å². The summed E-state index contributed by atoms with van der Waals surface area (Å²) < 4.78 is 16.5. The molecule has 0 spiro atoms. The van der Waals surface area contributed by atoms with E-state index < -0.39 is 0 Å². The highest BCUT2D eigenvalue weighted by atomic mass is 16.5. The van der Waals surface area contributed by atoms with Gasteiger partial charge in [-0.15, -0.1) is 0 Å². The summed E-state index contributed by atoms with van der Waals surface area (Å²) in [6.07, 6.45) is 3.16. The number of fused-ring (bicyclic) bond motifs is 1. The summed E-state index contributed by atoms with van der Waals surface area (Å²) in [7, 11) is 1.84. The third-order valence-electron chi connectivity index (χ3n) is 5.36. The second kappa shape index (κ2) is 6.70. The van der Waals surface area contributed by atoms with E-state index in [0.29, 0.717) is 18.1 Å². The zero-order valence-electron chi connectivity index (χ0n) is 14.4. The first-order valence-electron chi connectivity index (χ1n) is 8.66. The number of aryl methyl sites for hydroxylation is 1. The Morgan fingerprint density at radius 3 is 2.96 bits per heavy atom. The molecule has 0 saturated carbocycles. The van der Waals surface area contributed by atoms with E-state index in [1.807, 2.05) is 32.2 Å². The number of methoxy groups -OCH3 is 1. The van der Waals surface area contributed by atoms with Crippen molar-refractivity contribution < 1.29 is 13.7 Å². The predicted molar refractivity (Wildman–Crippen MR) is 88.3 cm³/mol. The van der Waals surface area contributed by atoms with E-state index in [9.17, 15) is 0 Å². The number of nitrogens with zero attached hydrogens (tertiary/aromatic N) is 3. The van der Waals surface area contributed by atoms with Crippen molar-refractivity contribution in [2.24, 2.45) is 5.92 Å². The maximum atomic E-state index is 5.78. The van der Waals surface area contributed by atoms with Crippen LogP contribution in [-0.4, -0.2) is 53.8 Å². The van der Waals surface area contributed by atoms with Crippen LogP contribution in [0.5, 0.6) is 0 Å². The molecule has 3 atom stereocenters. The molecular weight excluding hydrogens is 306 g/mol. The molecule has 0 aliphatic carbocycles. The summed E-state index contributed by atoms with van der Waals surface area (Å²) in [4.78, 5) is 5.02. The average Bonchev–Trinajstić information content (AvgIpc) is 3.30. The molecule has 24 heavy (non-hydrogen) atoms. The fourth-order valence-corrected chi connectivity index (χ4v) is 4.26. The normalized spacial score (nSPS) is 28.3. The molecule has 6 nitrogen and oxygen atoms in total. The van der Waals surface area contributed by atoms with E-state index in [4.69, 9.17) is 13.7 Å². The lowest BCUT2D eigenvalue weighted by molar-refractivity contribution is -0.0250. The molecule has 2 aliphatic rings. The SMILES string of the molecule is CO[C@@H]1CCN(Cc2cc(C)on2)[C@H]2CN(Cc3ccco3)C[C@@H]12. The summed E-state index contributed by atoms with van der Waals surface area (Å²) in [6, 6.07) is 6.53. The van der Waals surface area contributed by atoms with Gasteiger partial charge in [-0.2, -0.15) is 0 Å². The molecule has 2 fully saturated rings. The average molecular weight is 331 g/mol. The van der Waals surface area contributed by atoms with Crippen LogP contribution in [0.15, 0.2) is 33.4 Å². The molecule has 4 rings (SSSR count). The zero-order chi connectivity index (χ0) is 16.5. The van der Waals surface area contributed by atoms with Gasteiger partial charge in [-0.25, -0.2) is 0 Å². The highest BCUT2D eigenvalue weighted by Gasteiger charge is 2.44. The Morgan fingerprint density at radius 1 is 1.33 bits per heavy atom. The molecule has 0 radical (unpaired) electrons. The van der Waals surface area contributed by atoms with Crippen LogP contribution in [0.4, 0.5) is 0 Å². The molecular formula is C18H25N3O3. The molecule has 0 aromatic carbocycles. The van der Waals surface area contributed by atoms with Crippen molar-refractivity contribution in [3.8, 4) is 0 Å². The van der Waals surface area contributed by atoms with Gasteiger partial charge in [-0.05, 0) is 25.5 Å². The van der Waals surface area contributed by atoms with Crippen molar-refractivity contribution in [1.82, 2.24) is 15.0 Å². The molecule has 2 aromatic heterocycles. The molecule has 2 aliphatic heterocycles. The van der Waals surface area contributed by atoms with E-state index >= 15 is 0 Å². The summed E-state index contributed by atoms with van der Waals surface area (Å²) in [5.41, 5.74) is 1.02. The molecule has 4 heterocycles. The monoisotopic (exact) mass is 331 g/mol. The number of hydrogen-bond acceptors (Lipinski definition) is 6. The molecule has 0 bridgehead atoms. The molecule has 2 saturated heterocycles. The number of furan rings is 1.